The van der Waals surface area contributed by atoms with Crippen LogP contribution in [-0.2, 0) is 16.1 Å². The molecular formula is C15H21ClN2O2. The van der Waals surface area contributed by atoms with Crippen molar-refractivity contribution in [3.8, 4) is 0 Å². The van der Waals surface area contributed by atoms with Gasteiger partial charge in [0.1, 0.15) is 6.04 Å². The van der Waals surface area contributed by atoms with Crippen molar-refractivity contribution in [2.24, 2.45) is 0 Å². The van der Waals surface area contributed by atoms with E-state index in [-0.39, 0.29) is 12.0 Å². The van der Waals surface area contributed by atoms with Crippen LogP contribution < -0.4 is 0 Å². The molecule has 1 heterocycles. The van der Waals surface area contributed by atoms with Gasteiger partial charge in [0.25, 0.3) is 0 Å². The number of likely N-dealkylation sites (N-methyl/N-ethyl adjacent to an activating group) is 1. The lowest BCUT2D eigenvalue weighted by molar-refractivity contribution is -0.152. The third kappa shape index (κ3) is 3.95. The van der Waals surface area contributed by atoms with Gasteiger partial charge in [0.2, 0.25) is 0 Å². The van der Waals surface area contributed by atoms with Crippen LogP contribution in [0.2, 0.25) is 5.02 Å². The number of ether oxygens (including phenoxy) is 1. The summed E-state index contributed by atoms with van der Waals surface area (Å²) >= 11 is 5.90. The van der Waals surface area contributed by atoms with E-state index < -0.39 is 0 Å². The van der Waals surface area contributed by atoms with Crippen molar-refractivity contribution in [2.45, 2.75) is 19.5 Å². The van der Waals surface area contributed by atoms with Crippen molar-refractivity contribution in [3.63, 3.8) is 0 Å². The van der Waals surface area contributed by atoms with Crippen LogP contribution in [0, 0.1) is 0 Å². The van der Waals surface area contributed by atoms with Crippen molar-refractivity contribution >= 4 is 17.6 Å². The molecule has 1 saturated heterocycles. The number of halogens is 1. The fourth-order valence-corrected chi connectivity index (χ4v) is 2.56. The highest BCUT2D eigenvalue weighted by Gasteiger charge is 2.31. The molecule has 1 aliphatic heterocycles. The second-order valence-electron chi connectivity index (χ2n) is 5.13. The Labute approximate surface area is 125 Å². The van der Waals surface area contributed by atoms with E-state index in [4.69, 9.17) is 16.3 Å². The largest absolute Gasteiger partial charge is 0.465 e. The zero-order valence-corrected chi connectivity index (χ0v) is 12.8. The standard InChI is InChI=1S/C15H21ClN2O2/c1-3-20-15(19)14-11-17(2)8-9-18(14)10-12-4-6-13(16)7-5-12/h4-7,14H,3,8-11H2,1-2H3. The van der Waals surface area contributed by atoms with Crippen LogP contribution in [0.1, 0.15) is 12.5 Å². The zero-order chi connectivity index (χ0) is 14.5. The number of rotatable bonds is 4. The SMILES string of the molecule is CCOC(=O)C1CN(C)CCN1Cc1ccc(Cl)cc1. The molecule has 5 heteroatoms. The van der Waals surface area contributed by atoms with E-state index in [1.165, 1.54) is 0 Å². The van der Waals surface area contributed by atoms with Crippen LogP contribution in [0.4, 0.5) is 0 Å². The summed E-state index contributed by atoms with van der Waals surface area (Å²) in [5.74, 6) is -0.131. The predicted molar refractivity (Wildman–Crippen MR) is 79.8 cm³/mol. The lowest BCUT2D eigenvalue weighted by atomic mass is 10.1. The first-order valence-electron chi connectivity index (χ1n) is 6.94. The maximum Gasteiger partial charge on any atom is 0.324 e. The van der Waals surface area contributed by atoms with Gasteiger partial charge >= 0.3 is 5.97 Å². The van der Waals surface area contributed by atoms with Crippen LogP contribution in [0.15, 0.2) is 24.3 Å². The molecule has 2 rings (SSSR count). The van der Waals surface area contributed by atoms with Crippen molar-refractivity contribution in [2.75, 3.05) is 33.3 Å². The zero-order valence-electron chi connectivity index (χ0n) is 12.0. The van der Waals surface area contributed by atoms with Gasteiger partial charge in [-0.1, -0.05) is 23.7 Å². The fraction of sp³-hybridized carbons (Fsp3) is 0.533. The maximum absolute atomic E-state index is 12.1. The van der Waals surface area contributed by atoms with Crippen LogP contribution in [-0.4, -0.2) is 55.1 Å². The number of carbonyl (C=O) groups is 1. The lowest BCUT2D eigenvalue weighted by Gasteiger charge is -2.38. The first-order chi connectivity index (χ1) is 9.60. The number of nitrogens with zero attached hydrogens (tertiary/aromatic N) is 2. The minimum Gasteiger partial charge on any atom is -0.465 e. The molecule has 0 bridgehead atoms. The highest BCUT2D eigenvalue weighted by Crippen LogP contribution is 2.16. The quantitative estimate of drug-likeness (QED) is 0.796. The van der Waals surface area contributed by atoms with E-state index >= 15 is 0 Å². The Balaban J connectivity index is 2.06. The minimum absolute atomic E-state index is 0.131. The van der Waals surface area contributed by atoms with Crippen molar-refractivity contribution in [1.82, 2.24) is 9.80 Å². The normalized spacial score (nSPS) is 20.9. The molecule has 1 fully saturated rings. The molecule has 0 saturated carbocycles. The van der Waals surface area contributed by atoms with Crippen LogP contribution in [0.3, 0.4) is 0 Å². The molecule has 1 unspecified atom stereocenters. The molecule has 4 nitrogen and oxygen atoms in total. The Morgan fingerprint density at radius 3 is 2.70 bits per heavy atom. The van der Waals surface area contributed by atoms with E-state index in [0.717, 1.165) is 30.2 Å². The van der Waals surface area contributed by atoms with Gasteiger partial charge in [-0.05, 0) is 31.7 Å². The number of benzene rings is 1. The molecule has 1 aromatic rings. The molecule has 0 N–H and O–H groups in total. The molecule has 0 amide bonds. The Morgan fingerprint density at radius 1 is 1.35 bits per heavy atom. The number of esters is 1. The fourth-order valence-electron chi connectivity index (χ4n) is 2.43. The monoisotopic (exact) mass is 296 g/mol. The molecule has 0 aliphatic carbocycles. The Morgan fingerprint density at radius 2 is 2.05 bits per heavy atom. The van der Waals surface area contributed by atoms with E-state index in [0.29, 0.717) is 13.2 Å². The van der Waals surface area contributed by atoms with Crippen LogP contribution >= 0.6 is 11.6 Å². The van der Waals surface area contributed by atoms with Crippen molar-refractivity contribution < 1.29 is 9.53 Å². The third-order valence-electron chi connectivity index (χ3n) is 3.55. The van der Waals surface area contributed by atoms with Crippen LogP contribution in [0.5, 0.6) is 0 Å². The summed E-state index contributed by atoms with van der Waals surface area (Å²) in [6.45, 7) is 5.55. The minimum atomic E-state index is -0.190. The van der Waals surface area contributed by atoms with E-state index in [1.807, 2.05) is 38.2 Å². The summed E-state index contributed by atoms with van der Waals surface area (Å²) in [5.41, 5.74) is 1.16. The predicted octanol–water partition coefficient (Wildman–Crippen LogP) is 2.02. The third-order valence-corrected chi connectivity index (χ3v) is 3.80. The molecule has 1 aliphatic rings. The summed E-state index contributed by atoms with van der Waals surface area (Å²) in [4.78, 5) is 16.4. The summed E-state index contributed by atoms with van der Waals surface area (Å²) in [6, 6.07) is 7.58. The molecule has 0 radical (unpaired) electrons. The smallest absolute Gasteiger partial charge is 0.324 e. The Bertz CT molecular complexity index is 450. The van der Waals surface area contributed by atoms with Crippen LogP contribution in [0.25, 0.3) is 0 Å². The Kier molecular flexibility index (Phi) is 5.40. The van der Waals surface area contributed by atoms with E-state index in [1.54, 1.807) is 0 Å². The summed E-state index contributed by atoms with van der Waals surface area (Å²) in [7, 11) is 2.03. The highest BCUT2D eigenvalue weighted by atomic mass is 35.5. The van der Waals surface area contributed by atoms with Crippen molar-refractivity contribution in [1.29, 1.82) is 0 Å². The number of carbonyl (C=O) groups excluding carboxylic acids is 1. The van der Waals surface area contributed by atoms with E-state index in [2.05, 4.69) is 9.80 Å². The van der Waals surface area contributed by atoms with Gasteiger partial charge < -0.3 is 9.64 Å². The van der Waals surface area contributed by atoms with E-state index in [9.17, 15) is 4.79 Å². The molecular weight excluding hydrogens is 276 g/mol. The molecule has 0 spiro atoms. The number of hydrogen-bond acceptors (Lipinski definition) is 4. The highest BCUT2D eigenvalue weighted by molar-refractivity contribution is 6.30. The summed E-state index contributed by atoms with van der Waals surface area (Å²) in [6.07, 6.45) is 0. The number of hydrogen-bond donors (Lipinski definition) is 0. The first kappa shape index (κ1) is 15.3. The molecule has 1 aromatic carbocycles. The second-order valence-corrected chi connectivity index (χ2v) is 5.56. The van der Waals surface area contributed by atoms with Gasteiger partial charge in [0.15, 0.2) is 0 Å². The van der Waals surface area contributed by atoms with Gasteiger partial charge in [0.05, 0.1) is 6.61 Å². The maximum atomic E-state index is 12.1. The van der Waals surface area contributed by atoms with Gasteiger partial charge in [0, 0.05) is 31.2 Å². The van der Waals surface area contributed by atoms with Gasteiger partial charge in [-0.15, -0.1) is 0 Å². The van der Waals surface area contributed by atoms with Gasteiger partial charge in [-0.3, -0.25) is 9.69 Å². The molecule has 110 valence electrons. The molecule has 1 atom stereocenters. The average molecular weight is 297 g/mol. The average Bonchev–Trinajstić information content (AvgIpc) is 2.43. The van der Waals surface area contributed by atoms with Gasteiger partial charge in [-0.25, -0.2) is 0 Å². The van der Waals surface area contributed by atoms with Gasteiger partial charge in [-0.2, -0.15) is 0 Å². The second kappa shape index (κ2) is 7.07. The topological polar surface area (TPSA) is 32.8 Å². The Hall–Kier alpha value is -1.10. The van der Waals surface area contributed by atoms with Crippen molar-refractivity contribution in [3.05, 3.63) is 34.9 Å². The lowest BCUT2D eigenvalue weighted by Crippen LogP contribution is -2.55. The first-order valence-corrected chi connectivity index (χ1v) is 7.31. The molecule has 0 aromatic heterocycles. The molecule has 20 heavy (non-hydrogen) atoms. The summed E-state index contributed by atoms with van der Waals surface area (Å²) < 4.78 is 5.19. The summed E-state index contributed by atoms with van der Waals surface area (Å²) in [5, 5.41) is 0.731. The number of piperazine rings is 1.